The fourth-order valence-corrected chi connectivity index (χ4v) is 4.79. The Hall–Kier alpha value is -2.36. The molecule has 2 fully saturated rings. The SMILES string of the molecule is CC(C)n1c(C2CC(F)C2)nc2c(F)cc(-c3nc(N[C@@H]4CCOC[C@H]4O)ncc3Cl)cc21. The lowest BCUT2D eigenvalue weighted by Gasteiger charge is -2.30. The largest absolute Gasteiger partial charge is 0.389 e. The average Bonchev–Trinajstić information content (AvgIpc) is 3.14. The van der Waals surface area contributed by atoms with E-state index in [0.29, 0.717) is 48.6 Å². The molecule has 2 N–H and O–H groups in total. The monoisotopic (exact) mass is 477 g/mol. The van der Waals surface area contributed by atoms with Gasteiger partial charge in [-0.2, -0.15) is 0 Å². The van der Waals surface area contributed by atoms with E-state index in [2.05, 4.69) is 20.3 Å². The number of alkyl halides is 1. The van der Waals surface area contributed by atoms with E-state index in [4.69, 9.17) is 16.3 Å². The Morgan fingerprint density at radius 1 is 1.27 bits per heavy atom. The number of aliphatic hydroxyl groups excluding tert-OH is 1. The first-order valence-electron chi connectivity index (χ1n) is 11.2. The zero-order chi connectivity index (χ0) is 23.3. The molecule has 176 valence electrons. The van der Waals surface area contributed by atoms with E-state index in [1.165, 1.54) is 12.3 Å². The van der Waals surface area contributed by atoms with Gasteiger partial charge in [-0.1, -0.05) is 11.6 Å². The summed E-state index contributed by atoms with van der Waals surface area (Å²) in [6, 6.07) is 2.95. The summed E-state index contributed by atoms with van der Waals surface area (Å²) in [4.78, 5) is 13.3. The molecule has 0 radical (unpaired) electrons. The van der Waals surface area contributed by atoms with Crippen molar-refractivity contribution >= 4 is 28.6 Å². The number of halogens is 3. The van der Waals surface area contributed by atoms with Crippen LogP contribution in [0.2, 0.25) is 5.02 Å². The highest BCUT2D eigenvalue weighted by Gasteiger charge is 2.35. The smallest absolute Gasteiger partial charge is 0.223 e. The van der Waals surface area contributed by atoms with Crippen LogP contribution in [0, 0.1) is 5.82 Å². The Morgan fingerprint density at radius 3 is 2.76 bits per heavy atom. The molecular weight excluding hydrogens is 452 g/mol. The topological polar surface area (TPSA) is 85.1 Å². The Morgan fingerprint density at radius 2 is 2.06 bits per heavy atom. The number of rotatable bonds is 5. The average molecular weight is 478 g/mol. The molecule has 2 aliphatic rings. The molecule has 3 aromatic rings. The van der Waals surface area contributed by atoms with E-state index in [0.717, 1.165) is 5.82 Å². The maximum Gasteiger partial charge on any atom is 0.223 e. The molecule has 3 heterocycles. The summed E-state index contributed by atoms with van der Waals surface area (Å²) in [6.07, 6.45) is 1.40. The van der Waals surface area contributed by atoms with Crippen molar-refractivity contribution < 1.29 is 18.6 Å². The Bertz CT molecular complexity index is 1180. The van der Waals surface area contributed by atoms with Crippen LogP contribution in [-0.4, -0.2) is 56.2 Å². The van der Waals surface area contributed by atoms with Crippen molar-refractivity contribution in [2.24, 2.45) is 0 Å². The first-order chi connectivity index (χ1) is 15.8. The quantitative estimate of drug-likeness (QED) is 0.556. The van der Waals surface area contributed by atoms with Gasteiger partial charge in [0.1, 0.15) is 17.5 Å². The van der Waals surface area contributed by atoms with E-state index in [9.17, 15) is 9.50 Å². The molecule has 0 spiro atoms. The molecule has 1 aromatic carbocycles. The second-order valence-corrected chi connectivity index (χ2v) is 9.50. The van der Waals surface area contributed by atoms with Gasteiger partial charge in [0.2, 0.25) is 5.95 Å². The number of hydrogen-bond donors (Lipinski definition) is 2. The summed E-state index contributed by atoms with van der Waals surface area (Å²) in [7, 11) is 0. The molecule has 1 aliphatic carbocycles. The highest BCUT2D eigenvalue weighted by Crippen LogP contribution is 2.41. The minimum absolute atomic E-state index is 0.0120. The molecule has 33 heavy (non-hydrogen) atoms. The number of imidazole rings is 1. The van der Waals surface area contributed by atoms with E-state index in [1.807, 2.05) is 24.5 Å². The number of ether oxygens (including phenoxy) is 1. The van der Waals surface area contributed by atoms with Gasteiger partial charge in [0.05, 0.1) is 41.2 Å². The van der Waals surface area contributed by atoms with Crippen molar-refractivity contribution in [3.8, 4) is 11.3 Å². The molecule has 0 unspecified atom stereocenters. The Kier molecular flexibility index (Phi) is 5.96. The van der Waals surface area contributed by atoms with Gasteiger partial charge in [0.15, 0.2) is 5.82 Å². The second-order valence-electron chi connectivity index (χ2n) is 9.10. The number of aliphatic hydroxyl groups is 1. The molecular formula is C23H26ClF2N5O2. The standard InChI is InChI=1S/C23H26ClF2N5O2/c1-11(2)31-18-8-12(7-16(26)21(18)29-22(31)13-5-14(25)6-13)20-15(24)9-27-23(30-20)28-17-3-4-33-10-19(17)32/h7-9,11,13-14,17,19,32H,3-6,10H2,1-2H3,(H,27,28,30)/t13?,14?,17-,19-/m1/s1. The normalized spacial score (nSPS) is 25.4. The first-order valence-corrected chi connectivity index (χ1v) is 11.6. The van der Waals surface area contributed by atoms with E-state index in [-0.39, 0.29) is 35.1 Å². The van der Waals surface area contributed by atoms with Crippen LogP contribution in [0.5, 0.6) is 0 Å². The molecule has 1 aliphatic heterocycles. The molecule has 10 heteroatoms. The second kappa shape index (κ2) is 8.77. The zero-order valence-corrected chi connectivity index (χ0v) is 19.2. The van der Waals surface area contributed by atoms with Crippen LogP contribution in [0.15, 0.2) is 18.3 Å². The highest BCUT2D eigenvalue weighted by atomic mass is 35.5. The number of nitrogens with zero attached hydrogens (tertiary/aromatic N) is 4. The van der Waals surface area contributed by atoms with Crippen LogP contribution in [0.3, 0.4) is 0 Å². The van der Waals surface area contributed by atoms with Crippen LogP contribution in [0.1, 0.15) is 50.9 Å². The fourth-order valence-electron chi connectivity index (χ4n) is 4.59. The zero-order valence-electron chi connectivity index (χ0n) is 18.4. The lowest BCUT2D eigenvalue weighted by atomic mass is 9.83. The molecule has 5 rings (SSSR count). The lowest BCUT2D eigenvalue weighted by Crippen LogP contribution is -2.42. The van der Waals surface area contributed by atoms with Gasteiger partial charge in [0.25, 0.3) is 0 Å². The third-order valence-corrected chi connectivity index (χ3v) is 6.67. The van der Waals surface area contributed by atoms with Crippen molar-refractivity contribution in [3.05, 3.63) is 35.0 Å². The summed E-state index contributed by atoms with van der Waals surface area (Å²) in [5.74, 6) is 0.516. The summed E-state index contributed by atoms with van der Waals surface area (Å²) in [5, 5.41) is 13.6. The molecule has 2 aromatic heterocycles. The summed E-state index contributed by atoms with van der Waals surface area (Å²) in [6.45, 7) is 4.77. The van der Waals surface area contributed by atoms with Crippen molar-refractivity contribution in [2.45, 2.75) is 63.4 Å². The Balaban J connectivity index is 1.55. The molecule has 1 saturated carbocycles. The molecule has 0 bridgehead atoms. The highest BCUT2D eigenvalue weighted by molar-refractivity contribution is 6.33. The van der Waals surface area contributed by atoms with Crippen molar-refractivity contribution in [3.63, 3.8) is 0 Å². The molecule has 1 saturated heterocycles. The number of benzene rings is 1. The predicted molar refractivity (Wildman–Crippen MR) is 122 cm³/mol. The van der Waals surface area contributed by atoms with Gasteiger partial charge in [-0.05, 0) is 45.2 Å². The third-order valence-electron chi connectivity index (χ3n) is 6.40. The van der Waals surface area contributed by atoms with E-state index in [1.54, 1.807) is 0 Å². The van der Waals surface area contributed by atoms with Crippen molar-refractivity contribution in [2.75, 3.05) is 18.5 Å². The number of nitrogens with one attached hydrogen (secondary N) is 1. The van der Waals surface area contributed by atoms with Crippen molar-refractivity contribution in [1.82, 2.24) is 19.5 Å². The predicted octanol–water partition coefficient (Wildman–Crippen LogP) is 4.64. The molecule has 0 amide bonds. The van der Waals surface area contributed by atoms with Gasteiger partial charge in [-0.15, -0.1) is 0 Å². The maximum absolute atomic E-state index is 15.2. The summed E-state index contributed by atoms with van der Waals surface area (Å²) >= 11 is 6.40. The lowest BCUT2D eigenvalue weighted by molar-refractivity contribution is -0.0136. The first kappa shape index (κ1) is 22.4. The molecule has 2 atom stereocenters. The Labute approximate surface area is 195 Å². The van der Waals surface area contributed by atoms with E-state index >= 15 is 4.39 Å². The number of hydrogen-bond acceptors (Lipinski definition) is 6. The van der Waals surface area contributed by atoms with Crippen LogP contribution in [-0.2, 0) is 4.74 Å². The van der Waals surface area contributed by atoms with E-state index < -0.39 is 18.1 Å². The summed E-state index contributed by atoms with van der Waals surface area (Å²) in [5.41, 5.74) is 1.76. The number of anilines is 1. The summed E-state index contributed by atoms with van der Waals surface area (Å²) < 4.78 is 36.0. The van der Waals surface area contributed by atoms with Gasteiger partial charge in [-0.25, -0.2) is 23.7 Å². The maximum atomic E-state index is 15.2. The minimum Gasteiger partial charge on any atom is -0.389 e. The van der Waals surface area contributed by atoms with Crippen LogP contribution in [0.25, 0.3) is 22.3 Å². The van der Waals surface area contributed by atoms with Crippen LogP contribution < -0.4 is 5.32 Å². The van der Waals surface area contributed by atoms with Crippen LogP contribution >= 0.6 is 11.6 Å². The van der Waals surface area contributed by atoms with Crippen LogP contribution in [0.4, 0.5) is 14.7 Å². The number of fused-ring (bicyclic) bond motifs is 1. The minimum atomic E-state index is -0.823. The van der Waals surface area contributed by atoms with Gasteiger partial charge < -0.3 is 19.7 Å². The fraction of sp³-hybridized carbons (Fsp3) is 0.522. The van der Waals surface area contributed by atoms with Gasteiger partial charge in [-0.3, -0.25) is 0 Å². The molecule has 7 nitrogen and oxygen atoms in total. The third kappa shape index (κ3) is 4.18. The number of aromatic nitrogens is 4. The van der Waals surface area contributed by atoms with Crippen molar-refractivity contribution in [1.29, 1.82) is 0 Å². The van der Waals surface area contributed by atoms with Gasteiger partial charge >= 0.3 is 0 Å². The van der Waals surface area contributed by atoms with Gasteiger partial charge in [0, 0.05) is 24.1 Å².